The molecule has 0 aliphatic carbocycles. The Morgan fingerprint density at radius 1 is 1.00 bits per heavy atom. The zero-order chi connectivity index (χ0) is 19.3. The molecule has 0 radical (unpaired) electrons. The van der Waals surface area contributed by atoms with E-state index >= 15 is 0 Å². The number of carbonyl (C=O) groups excluding carboxylic acids is 2. The molecule has 5 heteroatoms. The summed E-state index contributed by atoms with van der Waals surface area (Å²) in [7, 11) is 0. The second kappa shape index (κ2) is 6.44. The first kappa shape index (κ1) is 16.9. The quantitative estimate of drug-likeness (QED) is 0.660. The van der Waals surface area contributed by atoms with E-state index in [-0.39, 0.29) is 23.8 Å². The molecule has 1 saturated heterocycles. The maximum Gasteiger partial charge on any atom is 0.254 e. The molecule has 2 amide bonds. The van der Waals surface area contributed by atoms with Crippen molar-refractivity contribution in [1.82, 2.24) is 14.8 Å². The van der Waals surface area contributed by atoms with Gasteiger partial charge in [-0.05, 0) is 29.3 Å². The molecule has 2 aliphatic heterocycles. The van der Waals surface area contributed by atoms with Gasteiger partial charge < -0.3 is 9.80 Å². The van der Waals surface area contributed by atoms with E-state index in [9.17, 15) is 9.59 Å². The lowest BCUT2D eigenvalue weighted by Gasteiger charge is -2.37. The molecule has 0 spiro atoms. The number of carbonyl (C=O) groups is 2. The average molecular weight is 371 g/mol. The van der Waals surface area contributed by atoms with Gasteiger partial charge in [0.2, 0.25) is 5.91 Å². The monoisotopic (exact) mass is 371 g/mol. The number of likely N-dealkylation sites (tertiary alicyclic amines) is 1. The zero-order valence-electron chi connectivity index (χ0n) is 15.7. The molecule has 2 atom stereocenters. The SMILES string of the molecule is CC(=O)N1Cc2ccccc2[C@@H]2CN(C(=O)c3cccc4ncccc34)C[C@@H]21. The fraction of sp³-hybridized carbons (Fsp3) is 0.261. The van der Waals surface area contributed by atoms with Gasteiger partial charge in [-0.3, -0.25) is 14.6 Å². The summed E-state index contributed by atoms with van der Waals surface area (Å²) in [5.41, 5.74) is 3.94. The predicted octanol–water partition coefficient (Wildman–Crippen LogP) is 3.21. The van der Waals surface area contributed by atoms with Crippen LogP contribution in [0.4, 0.5) is 0 Å². The molecule has 2 aromatic carbocycles. The lowest BCUT2D eigenvalue weighted by Crippen LogP contribution is -2.46. The van der Waals surface area contributed by atoms with E-state index in [1.54, 1.807) is 13.1 Å². The van der Waals surface area contributed by atoms with E-state index in [1.807, 2.05) is 52.3 Å². The molecule has 3 aromatic rings. The molecule has 28 heavy (non-hydrogen) atoms. The highest BCUT2D eigenvalue weighted by molar-refractivity contribution is 6.06. The van der Waals surface area contributed by atoms with Crippen LogP contribution >= 0.6 is 0 Å². The maximum atomic E-state index is 13.4. The molecule has 3 heterocycles. The van der Waals surface area contributed by atoms with Crippen LogP contribution in [0.25, 0.3) is 10.9 Å². The smallest absolute Gasteiger partial charge is 0.254 e. The van der Waals surface area contributed by atoms with E-state index in [0.29, 0.717) is 25.2 Å². The van der Waals surface area contributed by atoms with Crippen LogP contribution < -0.4 is 0 Å². The minimum atomic E-state index is 0.00832. The first-order chi connectivity index (χ1) is 13.6. The first-order valence-corrected chi connectivity index (χ1v) is 9.61. The Hall–Kier alpha value is -3.21. The first-order valence-electron chi connectivity index (χ1n) is 9.61. The number of rotatable bonds is 1. The van der Waals surface area contributed by atoms with E-state index < -0.39 is 0 Å². The van der Waals surface area contributed by atoms with Crippen molar-refractivity contribution >= 4 is 22.7 Å². The van der Waals surface area contributed by atoms with E-state index in [2.05, 4.69) is 17.1 Å². The molecule has 0 N–H and O–H groups in total. The van der Waals surface area contributed by atoms with Crippen molar-refractivity contribution in [2.45, 2.75) is 25.4 Å². The Morgan fingerprint density at radius 2 is 1.86 bits per heavy atom. The van der Waals surface area contributed by atoms with Crippen molar-refractivity contribution in [2.24, 2.45) is 0 Å². The Balaban J connectivity index is 1.52. The van der Waals surface area contributed by atoms with Gasteiger partial charge in [-0.1, -0.05) is 36.4 Å². The minimum Gasteiger partial charge on any atom is -0.336 e. The van der Waals surface area contributed by atoms with Gasteiger partial charge in [-0.15, -0.1) is 0 Å². The molecular weight excluding hydrogens is 350 g/mol. The van der Waals surface area contributed by atoms with Crippen LogP contribution in [0.5, 0.6) is 0 Å². The number of fused-ring (bicyclic) bond motifs is 4. The van der Waals surface area contributed by atoms with Crippen molar-refractivity contribution in [3.05, 3.63) is 77.5 Å². The highest BCUT2D eigenvalue weighted by Crippen LogP contribution is 2.39. The van der Waals surface area contributed by atoms with Crippen LogP contribution in [0.15, 0.2) is 60.8 Å². The van der Waals surface area contributed by atoms with Gasteiger partial charge in [-0.2, -0.15) is 0 Å². The summed E-state index contributed by atoms with van der Waals surface area (Å²) in [6, 6.07) is 17.8. The summed E-state index contributed by atoms with van der Waals surface area (Å²) in [5, 5.41) is 0.869. The molecule has 0 unspecified atom stereocenters. The van der Waals surface area contributed by atoms with E-state index in [0.717, 1.165) is 10.9 Å². The van der Waals surface area contributed by atoms with Gasteiger partial charge in [-0.25, -0.2) is 0 Å². The van der Waals surface area contributed by atoms with Crippen LogP contribution in [0.2, 0.25) is 0 Å². The second-order valence-corrected chi connectivity index (χ2v) is 7.61. The fourth-order valence-corrected chi connectivity index (χ4v) is 4.72. The Bertz CT molecular complexity index is 1090. The molecule has 0 saturated carbocycles. The van der Waals surface area contributed by atoms with Gasteiger partial charge in [0.05, 0.1) is 11.6 Å². The highest BCUT2D eigenvalue weighted by atomic mass is 16.2. The zero-order valence-corrected chi connectivity index (χ0v) is 15.7. The van der Waals surface area contributed by atoms with Crippen molar-refractivity contribution in [3.63, 3.8) is 0 Å². The maximum absolute atomic E-state index is 13.4. The molecule has 140 valence electrons. The minimum absolute atomic E-state index is 0.00832. The van der Waals surface area contributed by atoms with Crippen molar-refractivity contribution < 1.29 is 9.59 Å². The number of hydrogen-bond acceptors (Lipinski definition) is 3. The topological polar surface area (TPSA) is 53.5 Å². The van der Waals surface area contributed by atoms with E-state index in [1.165, 1.54) is 11.1 Å². The predicted molar refractivity (Wildman–Crippen MR) is 107 cm³/mol. The van der Waals surface area contributed by atoms with Crippen LogP contribution in [-0.2, 0) is 11.3 Å². The summed E-state index contributed by atoms with van der Waals surface area (Å²) >= 11 is 0. The standard InChI is InChI=1S/C23H21N3O2/c1-15(27)26-12-16-6-2-3-7-17(16)20-13-25(14-22(20)26)23(28)19-8-4-10-21-18(19)9-5-11-24-21/h2-11,20,22H,12-14H2,1H3/t20-,22-/m0/s1. The number of pyridine rings is 1. The molecular formula is C23H21N3O2. The Labute approximate surface area is 163 Å². The van der Waals surface area contributed by atoms with Crippen molar-refractivity contribution in [2.75, 3.05) is 13.1 Å². The van der Waals surface area contributed by atoms with Gasteiger partial charge >= 0.3 is 0 Å². The normalized spacial score (nSPS) is 20.8. The summed E-state index contributed by atoms with van der Waals surface area (Å²) in [6.45, 7) is 3.42. The molecule has 1 fully saturated rings. The molecule has 1 aromatic heterocycles. The number of amides is 2. The molecule has 0 bridgehead atoms. The number of hydrogen-bond donors (Lipinski definition) is 0. The van der Waals surface area contributed by atoms with Crippen LogP contribution in [0, 0.1) is 0 Å². The van der Waals surface area contributed by atoms with Gasteiger partial charge in [0, 0.05) is 49.6 Å². The number of aromatic nitrogens is 1. The third-order valence-electron chi connectivity index (χ3n) is 6.05. The number of benzene rings is 2. The molecule has 2 aliphatic rings. The van der Waals surface area contributed by atoms with Crippen LogP contribution in [-0.4, -0.2) is 45.7 Å². The number of nitrogens with zero attached hydrogens (tertiary/aromatic N) is 3. The van der Waals surface area contributed by atoms with Gasteiger partial charge in [0.15, 0.2) is 0 Å². The van der Waals surface area contributed by atoms with Crippen LogP contribution in [0.1, 0.15) is 34.3 Å². The second-order valence-electron chi connectivity index (χ2n) is 7.61. The lowest BCUT2D eigenvalue weighted by molar-refractivity contribution is -0.132. The van der Waals surface area contributed by atoms with Gasteiger partial charge in [0.1, 0.15) is 0 Å². The summed E-state index contributed by atoms with van der Waals surface area (Å²) in [5.74, 6) is 0.230. The van der Waals surface area contributed by atoms with Crippen LogP contribution in [0.3, 0.4) is 0 Å². The molecule has 5 rings (SSSR count). The van der Waals surface area contributed by atoms with Gasteiger partial charge in [0.25, 0.3) is 5.91 Å². The Kier molecular flexibility index (Phi) is 3.90. The fourth-order valence-electron chi connectivity index (χ4n) is 4.72. The molecule has 5 nitrogen and oxygen atoms in total. The third-order valence-corrected chi connectivity index (χ3v) is 6.05. The van der Waals surface area contributed by atoms with E-state index in [4.69, 9.17) is 0 Å². The highest BCUT2D eigenvalue weighted by Gasteiger charge is 2.44. The Morgan fingerprint density at radius 3 is 2.71 bits per heavy atom. The van der Waals surface area contributed by atoms with Crippen molar-refractivity contribution in [3.8, 4) is 0 Å². The van der Waals surface area contributed by atoms with Crippen molar-refractivity contribution in [1.29, 1.82) is 0 Å². The summed E-state index contributed by atoms with van der Waals surface area (Å²) in [4.78, 5) is 33.9. The lowest BCUT2D eigenvalue weighted by atomic mass is 9.85. The average Bonchev–Trinajstić information content (AvgIpc) is 3.17. The largest absolute Gasteiger partial charge is 0.336 e. The summed E-state index contributed by atoms with van der Waals surface area (Å²) < 4.78 is 0. The summed E-state index contributed by atoms with van der Waals surface area (Å²) in [6.07, 6.45) is 1.74. The third kappa shape index (κ3) is 2.58.